The molecule has 0 bridgehead atoms. The number of methoxy groups -OCH3 is 1. The van der Waals surface area contributed by atoms with Crippen LogP contribution >= 0.6 is 11.3 Å². The average molecular weight is 683 g/mol. The lowest BCUT2D eigenvalue weighted by Gasteiger charge is -2.30. The van der Waals surface area contributed by atoms with E-state index in [2.05, 4.69) is 22.4 Å². The van der Waals surface area contributed by atoms with Gasteiger partial charge in [0.1, 0.15) is 5.01 Å². The minimum absolute atomic E-state index is 0.0261. The number of carbonyl (C=O) groups excluding carboxylic acids is 1. The normalized spacial score (nSPS) is 13.2. The molecule has 1 amide bonds. The Labute approximate surface area is 283 Å². The molecule has 256 valence electrons. The quantitative estimate of drug-likeness (QED) is 0.0821. The molecule has 47 heavy (non-hydrogen) atoms. The number of aromatic nitrogens is 3. The summed E-state index contributed by atoms with van der Waals surface area (Å²) in [4.78, 5) is 19.1. The van der Waals surface area contributed by atoms with Crippen LogP contribution < -0.4 is 5.32 Å². The van der Waals surface area contributed by atoms with Gasteiger partial charge in [0.15, 0.2) is 9.84 Å². The lowest BCUT2D eigenvalue weighted by atomic mass is 9.98. The van der Waals surface area contributed by atoms with Crippen molar-refractivity contribution in [1.29, 1.82) is 0 Å². The number of carbonyl (C=O) groups is 1. The first-order chi connectivity index (χ1) is 22.8. The number of aryl methyl sites for hydroxylation is 1. The van der Waals surface area contributed by atoms with Crippen molar-refractivity contribution in [2.75, 3.05) is 19.5 Å². The number of nitrogens with zero attached hydrogens (tertiary/aromatic N) is 3. The van der Waals surface area contributed by atoms with Crippen LogP contribution in [0.15, 0.2) is 52.9 Å². The highest BCUT2D eigenvalue weighted by Crippen LogP contribution is 2.42. The summed E-state index contributed by atoms with van der Waals surface area (Å²) in [6.45, 7) is 3.80. The second-order valence-corrected chi connectivity index (χ2v) is 15.6. The Morgan fingerprint density at radius 1 is 0.894 bits per heavy atom. The van der Waals surface area contributed by atoms with E-state index in [-0.39, 0.29) is 36.2 Å². The van der Waals surface area contributed by atoms with E-state index < -0.39 is 20.5 Å². The van der Waals surface area contributed by atoms with Gasteiger partial charge in [0.05, 0.1) is 29.1 Å². The summed E-state index contributed by atoms with van der Waals surface area (Å²) in [6, 6.07) is 15.9. The second kappa shape index (κ2) is 18.4. The molecule has 0 aliphatic rings. The largest absolute Gasteiger partial charge is 0.424 e. The van der Waals surface area contributed by atoms with E-state index in [0.717, 1.165) is 35.1 Å². The minimum atomic E-state index is -4.08. The van der Waals surface area contributed by atoms with Crippen LogP contribution in [-0.2, 0) is 30.7 Å². The van der Waals surface area contributed by atoms with Gasteiger partial charge in [-0.15, -0.1) is 21.5 Å². The first kappa shape index (κ1) is 36.7. The van der Waals surface area contributed by atoms with Crippen molar-refractivity contribution >= 4 is 37.3 Å². The zero-order chi connectivity index (χ0) is 33.5. The second-order valence-electron chi connectivity index (χ2n) is 12.2. The van der Waals surface area contributed by atoms with Crippen LogP contribution in [0.2, 0.25) is 0 Å². The van der Waals surface area contributed by atoms with E-state index >= 15 is 0 Å². The molecule has 0 spiro atoms. The molecule has 0 aliphatic carbocycles. The van der Waals surface area contributed by atoms with E-state index in [0.29, 0.717) is 17.8 Å². The molecule has 1 atom stereocenters. The predicted octanol–water partition coefficient (Wildman–Crippen LogP) is 8.32. The molecule has 4 rings (SSSR count). The topological polar surface area (TPSA) is 124 Å². The highest BCUT2D eigenvalue weighted by atomic mass is 32.2. The lowest BCUT2D eigenvalue weighted by Crippen LogP contribution is -2.51. The zero-order valence-corrected chi connectivity index (χ0v) is 29.8. The van der Waals surface area contributed by atoms with Gasteiger partial charge in [-0.05, 0) is 29.7 Å². The van der Waals surface area contributed by atoms with Crippen LogP contribution in [0.5, 0.6) is 0 Å². The fraction of sp³-hybridized carbons (Fsp3) is 0.556. The molecule has 1 unspecified atom stereocenters. The maximum Gasteiger partial charge on any atom is 0.248 e. The number of thiazole rings is 1. The van der Waals surface area contributed by atoms with Gasteiger partial charge in [0, 0.05) is 14.0 Å². The molecule has 0 aliphatic heterocycles. The SMILES string of the molecule is CCCCCCCCCCCCCCC(C(=O)NCc1nnc(C)o1)(c1nc2ccc(-c3ccccc3)cc2s1)S(=O)(=O)CCOC. The summed E-state index contributed by atoms with van der Waals surface area (Å²) < 4.78 is 38.3. The molecule has 9 nitrogen and oxygen atoms in total. The van der Waals surface area contributed by atoms with Crippen molar-refractivity contribution in [2.45, 2.75) is 109 Å². The Bertz CT molecular complexity index is 1640. The highest BCUT2D eigenvalue weighted by Gasteiger charge is 2.53. The van der Waals surface area contributed by atoms with Crippen LogP contribution in [0.1, 0.15) is 107 Å². The average Bonchev–Trinajstić information content (AvgIpc) is 3.70. The molecular formula is C36H50N4O5S2. The number of sulfone groups is 1. The number of hydrogen-bond acceptors (Lipinski definition) is 9. The minimum Gasteiger partial charge on any atom is -0.424 e. The predicted molar refractivity (Wildman–Crippen MR) is 189 cm³/mol. The molecule has 2 aromatic heterocycles. The summed E-state index contributed by atoms with van der Waals surface area (Å²) >= 11 is 1.27. The molecule has 0 saturated heterocycles. The third kappa shape index (κ3) is 9.93. The Balaban J connectivity index is 1.57. The molecule has 0 saturated carbocycles. The summed E-state index contributed by atoms with van der Waals surface area (Å²) in [6.07, 6.45) is 13.8. The van der Waals surface area contributed by atoms with Gasteiger partial charge < -0.3 is 14.5 Å². The standard InChI is InChI=1S/C36H50N4O5S2/c1-4-5-6-7-8-9-10-11-12-13-14-18-23-36(47(42,43)25-24-44-3,34(41)37-27-33-40-39-28(2)45-33)35-38-31-22-21-30(26-32(31)46-35)29-19-16-15-17-20-29/h15-17,19-22,26H,4-14,18,23-25,27H2,1-3H3,(H,37,41). The fourth-order valence-electron chi connectivity index (χ4n) is 5.94. The van der Waals surface area contributed by atoms with Gasteiger partial charge in [-0.25, -0.2) is 13.4 Å². The Morgan fingerprint density at radius 2 is 1.55 bits per heavy atom. The fourth-order valence-corrected chi connectivity index (χ4v) is 9.42. The number of amides is 1. The third-order valence-electron chi connectivity index (χ3n) is 8.65. The number of benzene rings is 2. The first-order valence-corrected chi connectivity index (χ1v) is 19.5. The smallest absolute Gasteiger partial charge is 0.248 e. The van der Waals surface area contributed by atoms with Gasteiger partial charge >= 0.3 is 0 Å². The van der Waals surface area contributed by atoms with Crippen molar-refractivity contribution in [3.05, 3.63) is 65.3 Å². The highest BCUT2D eigenvalue weighted by molar-refractivity contribution is 7.93. The molecule has 1 N–H and O–H groups in total. The van der Waals surface area contributed by atoms with E-state index in [1.54, 1.807) is 6.92 Å². The van der Waals surface area contributed by atoms with Gasteiger partial charge in [0.25, 0.3) is 0 Å². The van der Waals surface area contributed by atoms with Gasteiger partial charge in [-0.1, -0.05) is 120 Å². The molecular weight excluding hydrogens is 633 g/mol. The maximum absolute atomic E-state index is 14.3. The summed E-state index contributed by atoms with van der Waals surface area (Å²) in [5, 5.41) is 10.9. The molecule has 0 fully saturated rings. The van der Waals surface area contributed by atoms with Crippen molar-refractivity contribution in [3.63, 3.8) is 0 Å². The lowest BCUT2D eigenvalue weighted by molar-refractivity contribution is -0.124. The van der Waals surface area contributed by atoms with Crippen LogP contribution in [-0.4, -0.2) is 49.0 Å². The monoisotopic (exact) mass is 682 g/mol. The number of rotatable bonds is 22. The first-order valence-electron chi connectivity index (χ1n) is 17.1. The summed E-state index contributed by atoms with van der Waals surface area (Å²) in [7, 11) is -2.62. The molecule has 11 heteroatoms. The van der Waals surface area contributed by atoms with Gasteiger partial charge in [0.2, 0.25) is 22.4 Å². The number of fused-ring (bicyclic) bond motifs is 1. The Morgan fingerprint density at radius 3 is 2.17 bits per heavy atom. The maximum atomic E-state index is 14.3. The third-order valence-corrected chi connectivity index (χ3v) is 12.3. The van der Waals surface area contributed by atoms with Crippen molar-refractivity contribution in [3.8, 4) is 11.1 Å². The van der Waals surface area contributed by atoms with Gasteiger partial charge in [-0.3, -0.25) is 4.79 Å². The van der Waals surface area contributed by atoms with E-state index in [9.17, 15) is 13.2 Å². The molecule has 2 heterocycles. The number of ether oxygens (including phenoxy) is 1. The van der Waals surface area contributed by atoms with Crippen LogP contribution in [0.25, 0.3) is 21.3 Å². The summed E-state index contributed by atoms with van der Waals surface area (Å²) in [5.41, 5.74) is 2.71. The number of hydrogen-bond donors (Lipinski definition) is 1. The van der Waals surface area contributed by atoms with Crippen LogP contribution in [0, 0.1) is 6.92 Å². The van der Waals surface area contributed by atoms with Crippen molar-refractivity contribution in [2.24, 2.45) is 0 Å². The number of unbranched alkanes of at least 4 members (excludes halogenated alkanes) is 11. The van der Waals surface area contributed by atoms with E-state index in [1.807, 2.05) is 48.5 Å². The van der Waals surface area contributed by atoms with Gasteiger partial charge in [-0.2, -0.15) is 0 Å². The van der Waals surface area contributed by atoms with E-state index in [1.165, 1.54) is 69.8 Å². The summed E-state index contributed by atoms with van der Waals surface area (Å²) in [5.74, 6) is -0.360. The molecule has 2 aromatic carbocycles. The van der Waals surface area contributed by atoms with Crippen molar-refractivity contribution in [1.82, 2.24) is 20.5 Å². The zero-order valence-electron chi connectivity index (χ0n) is 28.1. The van der Waals surface area contributed by atoms with Crippen LogP contribution in [0.3, 0.4) is 0 Å². The Kier molecular flexibility index (Phi) is 14.4. The van der Waals surface area contributed by atoms with E-state index in [4.69, 9.17) is 14.1 Å². The molecule has 0 radical (unpaired) electrons. The van der Waals surface area contributed by atoms with Crippen LogP contribution in [0.4, 0.5) is 0 Å². The number of nitrogens with one attached hydrogen (secondary N) is 1. The Hall–Kier alpha value is -3.15. The van der Waals surface area contributed by atoms with Crippen molar-refractivity contribution < 1.29 is 22.4 Å². The molecule has 4 aromatic rings.